The van der Waals surface area contributed by atoms with Gasteiger partial charge in [0.1, 0.15) is 5.82 Å². The van der Waals surface area contributed by atoms with E-state index in [4.69, 9.17) is 5.11 Å². The zero-order valence-corrected chi connectivity index (χ0v) is 9.76. The third kappa shape index (κ3) is 3.13. The fourth-order valence-corrected chi connectivity index (χ4v) is 1.90. The zero-order chi connectivity index (χ0) is 12.3. The molecule has 0 unspecified atom stereocenters. The molecule has 0 saturated carbocycles. The summed E-state index contributed by atoms with van der Waals surface area (Å²) in [7, 11) is 2.10. The van der Waals surface area contributed by atoms with Crippen LogP contribution in [0.2, 0.25) is 0 Å². The second-order valence-corrected chi connectivity index (χ2v) is 4.29. The van der Waals surface area contributed by atoms with Gasteiger partial charge in [0.25, 0.3) is 0 Å². The molecule has 6 heteroatoms. The molecule has 0 amide bonds. The van der Waals surface area contributed by atoms with Crippen molar-refractivity contribution in [2.24, 2.45) is 0 Å². The molecule has 2 rings (SSSR count). The van der Waals surface area contributed by atoms with Gasteiger partial charge in [-0.3, -0.25) is 0 Å². The van der Waals surface area contributed by atoms with E-state index in [0.717, 1.165) is 25.9 Å². The van der Waals surface area contributed by atoms with E-state index in [1.54, 1.807) is 6.07 Å². The number of likely N-dealkylation sites (tertiary alicyclic amines) is 1. The minimum absolute atomic E-state index is 0.164. The number of hydrogen-bond donors (Lipinski definition) is 2. The Morgan fingerprint density at radius 3 is 2.88 bits per heavy atom. The normalized spacial score (nSPS) is 17.9. The summed E-state index contributed by atoms with van der Waals surface area (Å²) >= 11 is 0. The van der Waals surface area contributed by atoms with Crippen LogP contribution in [-0.2, 0) is 0 Å². The van der Waals surface area contributed by atoms with Gasteiger partial charge in [-0.05, 0) is 39.0 Å². The lowest BCUT2D eigenvalue weighted by atomic mass is 10.1. The van der Waals surface area contributed by atoms with Crippen molar-refractivity contribution >= 4 is 11.8 Å². The van der Waals surface area contributed by atoms with E-state index in [-0.39, 0.29) is 5.82 Å². The summed E-state index contributed by atoms with van der Waals surface area (Å²) in [6.07, 6.45) is 3.56. The summed E-state index contributed by atoms with van der Waals surface area (Å²) in [6, 6.07) is 2.06. The average molecular weight is 236 g/mol. The fourth-order valence-electron chi connectivity index (χ4n) is 1.90. The van der Waals surface area contributed by atoms with Gasteiger partial charge in [0.05, 0.1) is 0 Å². The van der Waals surface area contributed by atoms with Gasteiger partial charge in [-0.2, -0.15) is 0 Å². The highest BCUT2D eigenvalue weighted by molar-refractivity contribution is 5.83. The van der Waals surface area contributed by atoms with Gasteiger partial charge < -0.3 is 15.3 Å². The molecule has 1 aliphatic rings. The average Bonchev–Trinajstić information content (AvgIpc) is 2.32. The number of carbonyl (C=O) groups is 1. The van der Waals surface area contributed by atoms with Crippen molar-refractivity contribution in [3.63, 3.8) is 0 Å². The highest BCUT2D eigenvalue weighted by Gasteiger charge is 2.17. The molecule has 0 bridgehead atoms. The second-order valence-electron chi connectivity index (χ2n) is 4.29. The Morgan fingerprint density at radius 1 is 1.53 bits per heavy atom. The van der Waals surface area contributed by atoms with Gasteiger partial charge in [0.2, 0.25) is 5.82 Å². The summed E-state index contributed by atoms with van der Waals surface area (Å²) in [5.41, 5.74) is 0. The van der Waals surface area contributed by atoms with Gasteiger partial charge in [0.15, 0.2) is 0 Å². The lowest BCUT2D eigenvalue weighted by Crippen LogP contribution is -2.36. The maximum Gasteiger partial charge on any atom is 0.374 e. The van der Waals surface area contributed by atoms with E-state index in [1.807, 2.05) is 0 Å². The summed E-state index contributed by atoms with van der Waals surface area (Å²) in [5.74, 6) is -0.674. The highest BCUT2D eigenvalue weighted by atomic mass is 16.4. The summed E-state index contributed by atoms with van der Waals surface area (Å²) in [5, 5.41) is 12.0. The van der Waals surface area contributed by atoms with E-state index in [1.165, 1.54) is 6.20 Å². The SMILES string of the molecule is CN1CCC(Nc2ccnc(C(=O)O)n2)CC1. The van der Waals surface area contributed by atoms with Crippen LogP contribution in [0.25, 0.3) is 0 Å². The third-order valence-corrected chi connectivity index (χ3v) is 2.92. The van der Waals surface area contributed by atoms with E-state index in [0.29, 0.717) is 11.9 Å². The first-order valence-corrected chi connectivity index (χ1v) is 5.66. The Hall–Kier alpha value is -1.69. The zero-order valence-electron chi connectivity index (χ0n) is 9.76. The molecular formula is C11H16N4O2. The Kier molecular flexibility index (Phi) is 3.53. The minimum Gasteiger partial charge on any atom is -0.475 e. The Bertz CT molecular complexity index is 402. The van der Waals surface area contributed by atoms with Crippen LogP contribution in [0, 0.1) is 0 Å². The predicted octanol–water partition coefficient (Wildman–Crippen LogP) is 0.681. The Balaban J connectivity index is 1.98. The molecule has 0 aliphatic carbocycles. The van der Waals surface area contributed by atoms with Gasteiger partial charge in [0, 0.05) is 12.2 Å². The van der Waals surface area contributed by atoms with Crippen molar-refractivity contribution in [3.8, 4) is 0 Å². The quantitative estimate of drug-likeness (QED) is 0.803. The van der Waals surface area contributed by atoms with Crippen LogP contribution in [0.15, 0.2) is 12.3 Å². The van der Waals surface area contributed by atoms with Crippen LogP contribution in [0.1, 0.15) is 23.5 Å². The first-order valence-electron chi connectivity index (χ1n) is 5.66. The number of carboxylic acids is 1. The maximum atomic E-state index is 10.7. The van der Waals surface area contributed by atoms with E-state index in [2.05, 4.69) is 27.2 Å². The summed E-state index contributed by atoms with van der Waals surface area (Å²) < 4.78 is 0. The lowest BCUT2D eigenvalue weighted by Gasteiger charge is -2.29. The van der Waals surface area contributed by atoms with E-state index in [9.17, 15) is 4.79 Å². The molecule has 1 aromatic rings. The lowest BCUT2D eigenvalue weighted by molar-refractivity contribution is 0.0683. The van der Waals surface area contributed by atoms with Gasteiger partial charge in [-0.15, -0.1) is 0 Å². The topological polar surface area (TPSA) is 78.4 Å². The van der Waals surface area contributed by atoms with Gasteiger partial charge >= 0.3 is 5.97 Å². The molecule has 1 saturated heterocycles. The molecule has 0 spiro atoms. The minimum atomic E-state index is -1.10. The molecule has 2 heterocycles. The number of rotatable bonds is 3. The van der Waals surface area contributed by atoms with Crippen molar-refractivity contribution in [3.05, 3.63) is 18.1 Å². The highest BCUT2D eigenvalue weighted by Crippen LogP contribution is 2.13. The number of nitrogens with zero attached hydrogens (tertiary/aromatic N) is 3. The van der Waals surface area contributed by atoms with Crippen LogP contribution >= 0.6 is 0 Å². The molecule has 17 heavy (non-hydrogen) atoms. The number of aromatic nitrogens is 2. The molecular weight excluding hydrogens is 220 g/mol. The van der Waals surface area contributed by atoms with E-state index < -0.39 is 5.97 Å². The van der Waals surface area contributed by atoms with E-state index >= 15 is 0 Å². The summed E-state index contributed by atoms with van der Waals surface area (Å²) in [4.78, 5) is 20.6. The number of anilines is 1. The molecule has 0 radical (unpaired) electrons. The molecule has 2 N–H and O–H groups in total. The number of carboxylic acid groups (broad SMARTS) is 1. The molecule has 92 valence electrons. The number of hydrogen-bond acceptors (Lipinski definition) is 5. The fraction of sp³-hybridized carbons (Fsp3) is 0.545. The predicted molar refractivity (Wildman–Crippen MR) is 63.1 cm³/mol. The molecule has 6 nitrogen and oxygen atoms in total. The van der Waals surface area contributed by atoms with Crippen molar-refractivity contribution in [2.45, 2.75) is 18.9 Å². The first kappa shape index (κ1) is 11.8. The van der Waals surface area contributed by atoms with Crippen LogP contribution in [0.4, 0.5) is 5.82 Å². The van der Waals surface area contributed by atoms with Crippen LogP contribution in [0.5, 0.6) is 0 Å². The third-order valence-electron chi connectivity index (χ3n) is 2.92. The van der Waals surface area contributed by atoms with Crippen LogP contribution in [0.3, 0.4) is 0 Å². The van der Waals surface area contributed by atoms with Gasteiger partial charge in [-0.25, -0.2) is 14.8 Å². The Morgan fingerprint density at radius 2 is 2.24 bits per heavy atom. The van der Waals surface area contributed by atoms with Crippen molar-refractivity contribution in [1.82, 2.24) is 14.9 Å². The monoisotopic (exact) mass is 236 g/mol. The number of aromatic carboxylic acids is 1. The Labute approximate surface area is 99.7 Å². The second kappa shape index (κ2) is 5.09. The van der Waals surface area contributed by atoms with Crippen LogP contribution in [-0.4, -0.2) is 52.1 Å². The first-order chi connectivity index (χ1) is 8.15. The van der Waals surface area contributed by atoms with Crippen molar-refractivity contribution in [2.75, 3.05) is 25.5 Å². The summed E-state index contributed by atoms with van der Waals surface area (Å²) in [6.45, 7) is 2.10. The number of piperidine rings is 1. The molecule has 0 atom stereocenters. The largest absolute Gasteiger partial charge is 0.475 e. The van der Waals surface area contributed by atoms with Crippen molar-refractivity contribution < 1.29 is 9.90 Å². The van der Waals surface area contributed by atoms with Gasteiger partial charge in [-0.1, -0.05) is 0 Å². The molecule has 0 aromatic carbocycles. The maximum absolute atomic E-state index is 10.7. The number of nitrogens with one attached hydrogen (secondary N) is 1. The smallest absolute Gasteiger partial charge is 0.374 e. The molecule has 1 aromatic heterocycles. The van der Waals surface area contributed by atoms with Crippen molar-refractivity contribution in [1.29, 1.82) is 0 Å². The molecule has 1 aliphatic heterocycles. The van der Waals surface area contributed by atoms with Crippen LogP contribution < -0.4 is 5.32 Å². The molecule has 1 fully saturated rings. The standard InChI is InChI=1S/C11H16N4O2/c1-15-6-3-8(4-7-15)13-9-2-5-12-10(14-9)11(16)17/h2,5,8H,3-4,6-7H2,1H3,(H,16,17)(H,12,13,14).